The molecule has 9 heteroatoms. The summed E-state index contributed by atoms with van der Waals surface area (Å²) in [6.45, 7) is 3.38. The number of benzene rings is 2. The van der Waals surface area contributed by atoms with Gasteiger partial charge in [0.2, 0.25) is 0 Å². The molecule has 2 aromatic carbocycles. The van der Waals surface area contributed by atoms with E-state index in [0.717, 1.165) is 6.07 Å². The summed E-state index contributed by atoms with van der Waals surface area (Å²) in [6.07, 6.45) is -4.34. The summed E-state index contributed by atoms with van der Waals surface area (Å²) in [4.78, 5) is 16.1. The number of nitrogens with two attached hydrogens (primary N) is 1. The summed E-state index contributed by atoms with van der Waals surface area (Å²) in [5.74, 6) is -0.458. The van der Waals surface area contributed by atoms with E-state index in [2.05, 4.69) is 4.90 Å². The number of alkyl halides is 3. The molecule has 0 spiro atoms. The van der Waals surface area contributed by atoms with Gasteiger partial charge in [-0.05, 0) is 30.3 Å². The average Bonchev–Trinajstić information content (AvgIpc) is 2.68. The molecule has 0 aromatic heterocycles. The molecule has 0 saturated carbocycles. The molecule has 0 bridgehead atoms. The Morgan fingerprint density at radius 2 is 1.72 bits per heavy atom. The van der Waals surface area contributed by atoms with Crippen LogP contribution in [0.15, 0.2) is 48.5 Å². The fourth-order valence-electron chi connectivity index (χ4n) is 3.14. The van der Waals surface area contributed by atoms with Crippen LogP contribution in [0.5, 0.6) is 0 Å². The van der Waals surface area contributed by atoms with E-state index in [-0.39, 0.29) is 19.0 Å². The van der Waals surface area contributed by atoms with Gasteiger partial charge in [-0.1, -0.05) is 18.2 Å². The van der Waals surface area contributed by atoms with Crippen LogP contribution < -0.4 is 10.6 Å². The quantitative estimate of drug-likeness (QED) is 0.580. The van der Waals surface area contributed by atoms with Crippen molar-refractivity contribution in [2.45, 2.75) is 6.18 Å². The maximum atomic E-state index is 12.9. The van der Waals surface area contributed by atoms with Crippen LogP contribution in [-0.4, -0.2) is 50.2 Å². The van der Waals surface area contributed by atoms with E-state index in [0.29, 0.717) is 49.7 Å². The third kappa shape index (κ3) is 6.01. The van der Waals surface area contributed by atoms with Crippen molar-refractivity contribution in [1.82, 2.24) is 4.90 Å². The molecule has 1 heterocycles. The standard InChI is InChI=1S/C20H22F3N3O2.ClH/c21-20(22,23)15-4-3-5-16(14-15)26-10-8-25(9-11-26)12-13-28-19(27)17-6-1-2-7-18(17)24;/h1-7,14H,8-13,24H2;1H. The number of hydrogen-bond donors (Lipinski definition) is 1. The number of nitrogens with zero attached hydrogens (tertiary/aromatic N) is 2. The minimum absolute atomic E-state index is 0. The zero-order chi connectivity index (χ0) is 20.1. The molecule has 1 aliphatic heterocycles. The smallest absolute Gasteiger partial charge is 0.416 e. The molecule has 29 heavy (non-hydrogen) atoms. The number of piperazine rings is 1. The highest BCUT2D eigenvalue weighted by Crippen LogP contribution is 2.31. The number of halogens is 4. The number of nitrogen functional groups attached to an aromatic ring is 1. The van der Waals surface area contributed by atoms with Gasteiger partial charge in [-0.3, -0.25) is 4.90 Å². The number of carbonyl (C=O) groups excluding carboxylic acids is 1. The minimum atomic E-state index is -4.34. The molecule has 0 radical (unpaired) electrons. The first-order valence-electron chi connectivity index (χ1n) is 9.01. The van der Waals surface area contributed by atoms with E-state index >= 15 is 0 Å². The first-order chi connectivity index (χ1) is 13.3. The molecule has 3 rings (SSSR count). The number of carbonyl (C=O) groups is 1. The van der Waals surface area contributed by atoms with E-state index < -0.39 is 17.7 Å². The second kappa shape index (κ2) is 9.84. The lowest BCUT2D eigenvalue weighted by molar-refractivity contribution is -0.137. The third-order valence-corrected chi connectivity index (χ3v) is 4.73. The monoisotopic (exact) mass is 429 g/mol. The molecule has 158 valence electrons. The lowest BCUT2D eigenvalue weighted by Gasteiger charge is -2.36. The molecule has 0 atom stereocenters. The van der Waals surface area contributed by atoms with Gasteiger partial charge in [0.1, 0.15) is 6.61 Å². The van der Waals surface area contributed by atoms with Crippen molar-refractivity contribution in [2.24, 2.45) is 0 Å². The summed E-state index contributed by atoms with van der Waals surface area (Å²) < 4.78 is 43.9. The van der Waals surface area contributed by atoms with Gasteiger partial charge in [-0.15, -0.1) is 12.4 Å². The molecule has 1 saturated heterocycles. The van der Waals surface area contributed by atoms with Gasteiger partial charge < -0.3 is 15.4 Å². The van der Waals surface area contributed by atoms with Crippen LogP contribution in [0.3, 0.4) is 0 Å². The first kappa shape index (κ1) is 22.8. The van der Waals surface area contributed by atoms with Crippen molar-refractivity contribution >= 4 is 29.8 Å². The predicted octanol–water partition coefficient (Wildman–Crippen LogP) is 3.69. The van der Waals surface area contributed by atoms with E-state index in [1.54, 1.807) is 30.3 Å². The Labute approximate surface area is 173 Å². The summed E-state index contributed by atoms with van der Waals surface area (Å²) in [7, 11) is 0. The molecule has 1 fully saturated rings. The Kier molecular flexibility index (Phi) is 7.75. The second-order valence-electron chi connectivity index (χ2n) is 6.60. The van der Waals surface area contributed by atoms with Crippen molar-refractivity contribution in [2.75, 3.05) is 50.0 Å². The molecule has 5 nitrogen and oxygen atoms in total. The molecule has 0 amide bonds. The largest absolute Gasteiger partial charge is 0.461 e. The van der Waals surface area contributed by atoms with Crippen LogP contribution >= 0.6 is 12.4 Å². The van der Waals surface area contributed by atoms with Crippen LogP contribution in [0, 0.1) is 0 Å². The molecular formula is C20H23ClF3N3O2. The normalized spacial score (nSPS) is 14.9. The highest BCUT2D eigenvalue weighted by molar-refractivity contribution is 5.94. The number of rotatable bonds is 5. The Hall–Kier alpha value is -2.45. The highest BCUT2D eigenvalue weighted by atomic mass is 35.5. The Bertz CT molecular complexity index is 825. The zero-order valence-corrected chi connectivity index (χ0v) is 16.5. The Morgan fingerprint density at radius 3 is 2.38 bits per heavy atom. The summed E-state index contributed by atoms with van der Waals surface area (Å²) in [5, 5.41) is 0. The fourth-order valence-corrected chi connectivity index (χ4v) is 3.14. The lowest BCUT2D eigenvalue weighted by atomic mass is 10.1. The number of hydrogen-bond acceptors (Lipinski definition) is 5. The van der Waals surface area contributed by atoms with Gasteiger partial charge in [0.05, 0.1) is 11.1 Å². The van der Waals surface area contributed by atoms with Gasteiger partial charge in [0.15, 0.2) is 0 Å². The third-order valence-electron chi connectivity index (χ3n) is 4.73. The van der Waals surface area contributed by atoms with Gasteiger partial charge in [-0.25, -0.2) is 4.79 Å². The topological polar surface area (TPSA) is 58.8 Å². The van der Waals surface area contributed by atoms with Gasteiger partial charge >= 0.3 is 12.1 Å². The molecule has 1 aliphatic rings. The van der Waals surface area contributed by atoms with E-state index in [9.17, 15) is 18.0 Å². The van der Waals surface area contributed by atoms with Crippen LogP contribution in [0.2, 0.25) is 0 Å². The van der Waals surface area contributed by atoms with Crippen molar-refractivity contribution in [3.05, 3.63) is 59.7 Å². The number of para-hydroxylation sites is 1. The van der Waals surface area contributed by atoms with Crippen LogP contribution in [0.4, 0.5) is 24.5 Å². The zero-order valence-electron chi connectivity index (χ0n) is 15.7. The molecule has 2 aromatic rings. The van der Waals surface area contributed by atoms with E-state index in [1.165, 1.54) is 12.1 Å². The maximum Gasteiger partial charge on any atom is 0.416 e. The maximum absolute atomic E-state index is 12.9. The van der Waals surface area contributed by atoms with Gasteiger partial charge in [0.25, 0.3) is 0 Å². The Morgan fingerprint density at radius 1 is 1.03 bits per heavy atom. The number of esters is 1. The lowest BCUT2D eigenvalue weighted by Crippen LogP contribution is -2.47. The van der Waals surface area contributed by atoms with E-state index in [4.69, 9.17) is 10.5 Å². The SMILES string of the molecule is Cl.Nc1ccccc1C(=O)OCCN1CCN(c2cccc(C(F)(F)F)c2)CC1. The fraction of sp³-hybridized carbons (Fsp3) is 0.350. The molecule has 0 aliphatic carbocycles. The average molecular weight is 430 g/mol. The minimum Gasteiger partial charge on any atom is -0.461 e. The number of ether oxygens (including phenoxy) is 1. The molecule has 0 unspecified atom stereocenters. The Balaban J connectivity index is 0.00000300. The summed E-state index contributed by atoms with van der Waals surface area (Å²) >= 11 is 0. The summed E-state index contributed by atoms with van der Waals surface area (Å²) in [6, 6.07) is 12.1. The van der Waals surface area contributed by atoms with Crippen LogP contribution in [-0.2, 0) is 10.9 Å². The number of anilines is 2. The predicted molar refractivity (Wildman–Crippen MR) is 108 cm³/mol. The van der Waals surface area contributed by atoms with Crippen molar-refractivity contribution in [3.63, 3.8) is 0 Å². The van der Waals surface area contributed by atoms with Crippen LogP contribution in [0.1, 0.15) is 15.9 Å². The summed E-state index contributed by atoms with van der Waals surface area (Å²) in [5.41, 5.74) is 6.41. The second-order valence-corrected chi connectivity index (χ2v) is 6.60. The molecule has 2 N–H and O–H groups in total. The van der Waals surface area contributed by atoms with Crippen molar-refractivity contribution < 1.29 is 22.7 Å². The molecular weight excluding hydrogens is 407 g/mol. The van der Waals surface area contributed by atoms with Gasteiger partial charge in [0, 0.05) is 44.1 Å². The van der Waals surface area contributed by atoms with Crippen molar-refractivity contribution in [1.29, 1.82) is 0 Å². The van der Waals surface area contributed by atoms with E-state index in [1.807, 2.05) is 4.90 Å². The van der Waals surface area contributed by atoms with Gasteiger partial charge in [-0.2, -0.15) is 13.2 Å². The van der Waals surface area contributed by atoms with Crippen molar-refractivity contribution in [3.8, 4) is 0 Å². The van der Waals surface area contributed by atoms with Crippen LogP contribution in [0.25, 0.3) is 0 Å². The highest BCUT2D eigenvalue weighted by Gasteiger charge is 2.31. The first-order valence-corrected chi connectivity index (χ1v) is 9.01.